The van der Waals surface area contributed by atoms with Gasteiger partial charge in [-0.15, -0.1) is 0 Å². The van der Waals surface area contributed by atoms with Gasteiger partial charge in [-0.05, 0) is 42.2 Å². The third-order valence-corrected chi connectivity index (χ3v) is 4.85. The molecule has 0 aliphatic carbocycles. The Bertz CT molecular complexity index is 540. The van der Waals surface area contributed by atoms with Crippen LogP contribution < -0.4 is 11.1 Å². The summed E-state index contributed by atoms with van der Waals surface area (Å²) in [6.07, 6.45) is 0. The van der Waals surface area contributed by atoms with Crippen molar-refractivity contribution < 1.29 is 4.39 Å². The summed E-state index contributed by atoms with van der Waals surface area (Å²) in [7, 11) is 4.20. The molecule has 0 radical (unpaired) electrons. The van der Waals surface area contributed by atoms with Gasteiger partial charge >= 0.3 is 0 Å². The van der Waals surface area contributed by atoms with Crippen molar-refractivity contribution >= 4 is 38.8 Å². The van der Waals surface area contributed by atoms with E-state index < -0.39 is 0 Å². The molecule has 1 aliphatic heterocycles. The van der Waals surface area contributed by atoms with Gasteiger partial charge < -0.3 is 16.0 Å². The van der Waals surface area contributed by atoms with Crippen molar-refractivity contribution in [2.24, 2.45) is 5.73 Å². The minimum atomic E-state index is -0.355. The normalized spacial score (nSPS) is 20.5. The van der Waals surface area contributed by atoms with Crippen molar-refractivity contribution in [1.82, 2.24) is 9.80 Å². The number of anilines is 1. The van der Waals surface area contributed by atoms with Crippen molar-refractivity contribution in [2.75, 3.05) is 45.6 Å². The van der Waals surface area contributed by atoms with Crippen molar-refractivity contribution in [1.29, 1.82) is 0 Å². The molecule has 1 atom stereocenters. The van der Waals surface area contributed by atoms with E-state index in [1.54, 1.807) is 12.1 Å². The molecule has 4 nitrogen and oxygen atoms in total. The molecule has 1 aromatic carbocycles. The number of hydrogen-bond donors (Lipinski definition) is 2. The van der Waals surface area contributed by atoms with Crippen molar-refractivity contribution in [3.63, 3.8) is 0 Å². The highest BCUT2D eigenvalue weighted by atomic mass is 79.9. The van der Waals surface area contributed by atoms with Gasteiger partial charge in [-0.1, -0.05) is 12.2 Å². The summed E-state index contributed by atoms with van der Waals surface area (Å²) < 4.78 is 14.6. The second-order valence-corrected chi connectivity index (χ2v) is 6.66. The Morgan fingerprint density at radius 1 is 1.48 bits per heavy atom. The molecule has 21 heavy (non-hydrogen) atoms. The number of rotatable bonds is 4. The zero-order chi connectivity index (χ0) is 15.6. The number of nitrogens with zero attached hydrogens (tertiary/aromatic N) is 2. The number of hydrogen-bond acceptors (Lipinski definition) is 4. The van der Waals surface area contributed by atoms with Gasteiger partial charge in [0.05, 0.1) is 10.2 Å². The van der Waals surface area contributed by atoms with Crippen molar-refractivity contribution in [3.8, 4) is 0 Å². The van der Waals surface area contributed by atoms with Gasteiger partial charge in [-0.2, -0.15) is 0 Å². The van der Waals surface area contributed by atoms with Gasteiger partial charge in [0.1, 0.15) is 4.99 Å². The van der Waals surface area contributed by atoms with E-state index in [0.29, 0.717) is 28.3 Å². The monoisotopic (exact) mass is 374 g/mol. The molecule has 1 fully saturated rings. The van der Waals surface area contributed by atoms with Crippen LogP contribution in [-0.4, -0.2) is 61.1 Å². The number of piperazine rings is 1. The van der Waals surface area contributed by atoms with Crippen LogP contribution in [0.1, 0.15) is 5.56 Å². The van der Waals surface area contributed by atoms with Crippen molar-refractivity contribution in [3.05, 3.63) is 28.0 Å². The average molecular weight is 375 g/mol. The first-order chi connectivity index (χ1) is 9.90. The second-order valence-electron chi connectivity index (χ2n) is 5.43. The third kappa shape index (κ3) is 3.91. The number of likely N-dealkylation sites (N-methyl/N-ethyl adjacent to an activating group) is 2. The van der Waals surface area contributed by atoms with Gasteiger partial charge in [-0.25, -0.2) is 4.39 Å². The van der Waals surface area contributed by atoms with E-state index in [4.69, 9.17) is 18.0 Å². The molecule has 116 valence electrons. The summed E-state index contributed by atoms with van der Waals surface area (Å²) in [5.74, 6) is -0.355. The molecular formula is C14H20BrFN4S. The highest BCUT2D eigenvalue weighted by molar-refractivity contribution is 9.10. The molecule has 7 heteroatoms. The molecule has 1 saturated heterocycles. The van der Waals surface area contributed by atoms with Crippen LogP contribution in [0.25, 0.3) is 0 Å². The maximum Gasteiger partial charge on any atom is 0.161 e. The van der Waals surface area contributed by atoms with Crippen LogP contribution in [0.3, 0.4) is 0 Å². The lowest BCUT2D eigenvalue weighted by molar-refractivity contribution is 0.122. The predicted octanol–water partition coefficient (Wildman–Crippen LogP) is 1.88. The standard InChI is InChI=1S/C14H20BrFN4S/c1-19-5-6-20(2)9(8-19)7-18-11-4-3-10(14(17)21)12(15)13(11)16/h3-4,9,18H,5-8H2,1-2H3,(H2,17,21). The lowest BCUT2D eigenvalue weighted by Gasteiger charge is -2.37. The van der Waals surface area contributed by atoms with Gasteiger partial charge in [0, 0.05) is 37.8 Å². The molecule has 0 spiro atoms. The smallest absolute Gasteiger partial charge is 0.161 e. The third-order valence-electron chi connectivity index (χ3n) is 3.86. The first-order valence-corrected chi connectivity index (χ1v) is 8.00. The summed E-state index contributed by atoms with van der Waals surface area (Å²) in [6.45, 7) is 3.75. The van der Waals surface area contributed by atoms with Gasteiger partial charge in [0.2, 0.25) is 0 Å². The largest absolute Gasteiger partial charge is 0.389 e. The van der Waals surface area contributed by atoms with E-state index in [0.717, 1.165) is 19.6 Å². The Kier molecular flexibility index (Phi) is 5.54. The minimum Gasteiger partial charge on any atom is -0.389 e. The SMILES string of the molecule is CN1CCN(C)C(CNc2ccc(C(N)=S)c(Br)c2F)C1. The van der Waals surface area contributed by atoms with Crippen LogP contribution in [0.2, 0.25) is 0 Å². The highest BCUT2D eigenvalue weighted by Gasteiger charge is 2.22. The van der Waals surface area contributed by atoms with E-state index >= 15 is 0 Å². The van der Waals surface area contributed by atoms with Gasteiger partial charge in [0.15, 0.2) is 5.82 Å². The molecule has 1 heterocycles. The molecule has 0 saturated carbocycles. The Morgan fingerprint density at radius 3 is 2.86 bits per heavy atom. The first kappa shape index (κ1) is 16.6. The van der Waals surface area contributed by atoms with E-state index in [1.165, 1.54) is 0 Å². The number of halogens is 2. The number of benzene rings is 1. The van der Waals surface area contributed by atoms with Gasteiger partial charge in [0.25, 0.3) is 0 Å². The zero-order valence-electron chi connectivity index (χ0n) is 12.2. The summed E-state index contributed by atoms with van der Waals surface area (Å²) in [6, 6.07) is 3.77. The van der Waals surface area contributed by atoms with Crippen LogP contribution in [-0.2, 0) is 0 Å². The van der Waals surface area contributed by atoms with Crippen LogP contribution >= 0.6 is 28.1 Å². The molecule has 1 aromatic rings. The molecule has 2 rings (SSSR count). The summed E-state index contributed by atoms with van der Waals surface area (Å²) >= 11 is 8.11. The molecule has 1 unspecified atom stereocenters. The topological polar surface area (TPSA) is 44.5 Å². The summed E-state index contributed by atoms with van der Waals surface area (Å²) in [5.41, 5.74) is 6.54. The van der Waals surface area contributed by atoms with Gasteiger partial charge in [-0.3, -0.25) is 4.90 Å². The fourth-order valence-corrected chi connectivity index (χ4v) is 3.29. The maximum atomic E-state index is 14.3. The first-order valence-electron chi connectivity index (χ1n) is 6.80. The van der Waals surface area contributed by atoms with Crippen molar-refractivity contribution in [2.45, 2.75) is 6.04 Å². The fourth-order valence-electron chi connectivity index (χ4n) is 2.43. The van der Waals surface area contributed by atoms with Crippen LogP contribution in [0.4, 0.5) is 10.1 Å². The molecule has 0 aromatic heterocycles. The Labute approximate surface area is 138 Å². The number of nitrogens with two attached hydrogens (primary N) is 1. The molecule has 0 bridgehead atoms. The van der Waals surface area contributed by atoms with Crippen LogP contribution in [0.15, 0.2) is 16.6 Å². The molecule has 0 amide bonds. The highest BCUT2D eigenvalue weighted by Crippen LogP contribution is 2.27. The average Bonchev–Trinajstić information content (AvgIpc) is 2.43. The Balaban J connectivity index is 2.06. The number of nitrogens with one attached hydrogen (secondary N) is 1. The quantitative estimate of drug-likeness (QED) is 0.787. The Hall–Kier alpha value is -0.760. The molecule has 3 N–H and O–H groups in total. The zero-order valence-corrected chi connectivity index (χ0v) is 14.6. The van der Waals surface area contributed by atoms with Crippen LogP contribution in [0, 0.1) is 5.82 Å². The maximum absolute atomic E-state index is 14.3. The molecule has 1 aliphatic rings. The van der Waals surface area contributed by atoms with Crippen LogP contribution in [0.5, 0.6) is 0 Å². The predicted molar refractivity (Wildman–Crippen MR) is 92.4 cm³/mol. The Morgan fingerprint density at radius 2 is 2.19 bits per heavy atom. The fraction of sp³-hybridized carbons (Fsp3) is 0.500. The number of thiocarbonyl (C=S) groups is 1. The second kappa shape index (κ2) is 7.00. The minimum absolute atomic E-state index is 0.181. The van der Waals surface area contributed by atoms with E-state index in [2.05, 4.69) is 45.1 Å². The lowest BCUT2D eigenvalue weighted by atomic mass is 10.1. The summed E-state index contributed by atoms with van der Waals surface area (Å²) in [5, 5.41) is 3.18. The summed E-state index contributed by atoms with van der Waals surface area (Å²) in [4.78, 5) is 4.76. The lowest BCUT2D eigenvalue weighted by Crippen LogP contribution is -2.52. The van der Waals surface area contributed by atoms with E-state index in [-0.39, 0.29) is 10.8 Å². The molecular weight excluding hydrogens is 355 g/mol. The van der Waals surface area contributed by atoms with E-state index in [1.807, 2.05) is 0 Å². The van der Waals surface area contributed by atoms with E-state index in [9.17, 15) is 4.39 Å².